The van der Waals surface area contributed by atoms with Crippen molar-refractivity contribution in [3.63, 3.8) is 0 Å². The summed E-state index contributed by atoms with van der Waals surface area (Å²) in [5.74, 6) is -0.100. The van der Waals surface area contributed by atoms with Crippen LogP contribution in [0.25, 0.3) is 16.7 Å². The number of aromatic nitrogens is 3. The van der Waals surface area contributed by atoms with Gasteiger partial charge in [-0.15, -0.1) is 6.58 Å². The number of nitrogens with zero attached hydrogens (tertiary/aromatic N) is 3. The molecule has 152 valence electrons. The fourth-order valence-corrected chi connectivity index (χ4v) is 3.25. The Bertz CT molecular complexity index is 1140. The number of hydrogen-bond donors (Lipinski definition) is 2. The molecule has 0 aromatic carbocycles. The fourth-order valence-electron chi connectivity index (χ4n) is 3.25. The third-order valence-electron chi connectivity index (χ3n) is 4.70. The number of carbonyl (C=O) groups is 1. The largest absolute Gasteiger partial charge is 0.382 e. The summed E-state index contributed by atoms with van der Waals surface area (Å²) >= 11 is 0. The van der Waals surface area contributed by atoms with Crippen molar-refractivity contribution in [3.8, 4) is 0 Å². The monoisotopic (exact) mass is 396 g/mol. The van der Waals surface area contributed by atoms with Gasteiger partial charge in [0.25, 0.3) is 17.1 Å². The van der Waals surface area contributed by atoms with Crippen molar-refractivity contribution >= 4 is 28.4 Å². The lowest BCUT2D eigenvalue weighted by Gasteiger charge is -2.12. The highest BCUT2D eigenvalue weighted by Crippen LogP contribution is 2.16. The summed E-state index contributed by atoms with van der Waals surface area (Å²) < 4.78 is 8.64. The lowest BCUT2D eigenvalue weighted by atomic mass is 10.1. The number of aryl methyl sites for hydroxylation is 2. The topological polar surface area (TPSA) is 103 Å². The molecule has 8 nitrogen and oxygen atoms in total. The van der Waals surface area contributed by atoms with Gasteiger partial charge in [0.2, 0.25) is 11.5 Å². The minimum absolute atomic E-state index is 0.238. The Morgan fingerprint density at radius 2 is 2.28 bits per heavy atom. The first-order valence-electron chi connectivity index (χ1n) is 9.60. The van der Waals surface area contributed by atoms with E-state index in [1.165, 1.54) is 10.5 Å². The van der Waals surface area contributed by atoms with Crippen LogP contribution in [0.1, 0.15) is 29.3 Å². The van der Waals surface area contributed by atoms with Crippen LogP contribution < -0.4 is 21.2 Å². The standard InChI is InChI=1S/C21H25N5O3/c1-4-9-23-20(27)15-13-16-19(25(17(15)22)11-7-12-29-5-2)24-18-14(3)8-6-10-26(18)21(16)28/h4,6,8,10,13,22H,1,5,7,9,11-12H2,2-3H3,(H,23,27)/p+1. The summed E-state index contributed by atoms with van der Waals surface area (Å²) in [6.07, 6.45) is 3.92. The molecule has 0 saturated carbocycles. The predicted molar refractivity (Wildman–Crippen MR) is 112 cm³/mol. The zero-order valence-corrected chi connectivity index (χ0v) is 16.8. The molecule has 0 unspecified atom stereocenters. The van der Waals surface area contributed by atoms with Crippen molar-refractivity contribution in [1.82, 2.24) is 14.7 Å². The third-order valence-corrected chi connectivity index (χ3v) is 4.70. The molecule has 3 aromatic heterocycles. The summed E-state index contributed by atoms with van der Waals surface area (Å²) in [5.41, 5.74) is 8.24. The highest BCUT2D eigenvalue weighted by Gasteiger charge is 2.24. The SMILES string of the molecule is C=CCNC(=O)c1cc2c(=O)n3cccc(C)c3nc2[n+](CCCOCC)c1N. The fraction of sp³-hybridized carbons (Fsp3) is 0.333. The normalized spacial score (nSPS) is 11.1. The molecule has 0 aliphatic carbocycles. The molecule has 0 aliphatic rings. The number of anilines is 1. The van der Waals surface area contributed by atoms with Crippen LogP contribution in [0.3, 0.4) is 0 Å². The van der Waals surface area contributed by atoms with Crippen molar-refractivity contribution in [3.05, 3.63) is 58.5 Å². The van der Waals surface area contributed by atoms with Gasteiger partial charge in [-0.2, -0.15) is 0 Å². The zero-order chi connectivity index (χ0) is 21.0. The first-order valence-corrected chi connectivity index (χ1v) is 9.60. The van der Waals surface area contributed by atoms with Crippen LogP contribution in [-0.4, -0.2) is 35.1 Å². The maximum absolute atomic E-state index is 13.2. The van der Waals surface area contributed by atoms with Crippen LogP contribution in [0, 0.1) is 6.92 Å². The first-order chi connectivity index (χ1) is 14.0. The minimum atomic E-state index is -0.364. The Hall–Kier alpha value is -3.26. The van der Waals surface area contributed by atoms with Crippen LogP contribution in [0.5, 0.6) is 0 Å². The van der Waals surface area contributed by atoms with Crippen LogP contribution in [0.4, 0.5) is 5.82 Å². The van der Waals surface area contributed by atoms with E-state index in [-0.39, 0.29) is 22.8 Å². The second kappa shape index (κ2) is 8.83. The van der Waals surface area contributed by atoms with Gasteiger partial charge < -0.3 is 15.8 Å². The van der Waals surface area contributed by atoms with E-state index < -0.39 is 0 Å². The highest BCUT2D eigenvalue weighted by atomic mass is 16.5. The lowest BCUT2D eigenvalue weighted by molar-refractivity contribution is -0.659. The average molecular weight is 396 g/mol. The van der Waals surface area contributed by atoms with Gasteiger partial charge in [0.05, 0.1) is 6.54 Å². The number of rotatable bonds is 8. The van der Waals surface area contributed by atoms with Crippen molar-refractivity contribution in [2.45, 2.75) is 26.8 Å². The average Bonchev–Trinajstić information content (AvgIpc) is 2.71. The van der Waals surface area contributed by atoms with E-state index in [9.17, 15) is 9.59 Å². The Morgan fingerprint density at radius 1 is 1.48 bits per heavy atom. The molecule has 3 heterocycles. The number of nitrogens with two attached hydrogens (primary N) is 1. The zero-order valence-electron chi connectivity index (χ0n) is 16.8. The second-order valence-electron chi connectivity index (χ2n) is 6.68. The molecule has 0 bridgehead atoms. The predicted octanol–water partition coefficient (Wildman–Crippen LogP) is 1.37. The molecule has 3 aromatic rings. The Labute approximate surface area is 168 Å². The van der Waals surface area contributed by atoms with Crippen LogP contribution in [0.15, 0.2) is 41.8 Å². The number of nitrogens with one attached hydrogen (secondary N) is 1. The third kappa shape index (κ3) is 3.97. The van der Waals surface area contributed by atoms with Gasteiger partial charge in [0.1, 0.15) is 10.9 Å². The molecule has 0 fully saturated rings. The molecular formula is C21H26N5O3+. The van der Waals surface area contributed by atoms with E-state index in [0.717, 1.165) is 5.56 Å². The van der Waals surface area contributed by atoms with Gasteiger partial charge >= 0.3 is 0 Å². The Morgan fingerprint density at radius 3 is 3.00 bits per heavy atom. The first kappa shape index (κ1) is 20.5. The maximum Gasteiger partial charge on any atom is 0.278 e. The van der Waals surface area contributed by atoms with Crippen molar-refractivity contribution in [1.29, 1.82) is 0 Å². The molecule has 0 atom stereocenters. The summed E-state index contributed by atoms with van der Waals surface area (Å²) in [6, 6.07) is 5.21. The number of pyridine rings is 2. The Kier molecular flexibility index (Phi) is 6.23. The van der Waals surface area contributed by atoms with Gasteiger partial charge in [-0.1, -0.05) is 17.1 Å². The number of carbonyl (C=O) groups excluding carboxylic acids is 1. The molecular weight excluding hydrogens is 370 g/mol. The molecule has 8 heteroatoms. The van der Waals surface area contributed by atoms with Crippen LogP contribution in [-0.2, 0) is 11.3 Å². The minimum Gasteiger partial charge on any atom is -0.382 e. The number of fused-ring (bicyclic) bond motifs is 2. The van der Waals surface area contributed by atoms with E-state index in [4.69, 9.17) is 15.5 Å². The molecule has 3 rings (SSSR count). The smallest absolute Gasteiger partial charge is 0.278 e. The number of amides is 1. The van der Waals surface area contributed by atoms with Crippen molar-refractivity contribution in [2.75, 3.05) is 25.5 Å². The van der Waals surface area contributed by atoms with Gasteiger partial charge in [-0.25, -0.2) is 4.57 Å². The summed E-state index contributed by atoms with van der Waals surface area (Å²) in [4.78, 5) is 30.5. The van der Waals surface area contributed by atoms with E-state index in [1.54, 1.807) is 22.9 Å². The van der Waals surface area contributed by atoms with Gasteiger partial charge in [-0.05, 0) is 26.0 Å². The lowest BCUT2D eigenvalue weighted by Crippen LogP contribution is -2.43. The number of hydrogen-bond acceptors (Lipinski definition) is 5. The molecule has 0 spiro atoms. The van der Waals surface area contributed by atoms with Crippen molar-refractivity contribution < 1.29 is 14.1 Å². The second-order valence-corrected chi connectivity index (χ2v) is 6.68. The van der Waals surface area contributed by atoms with E-state index in [1.807, 2.05) is 19.9 Å². The number of nitrogen functional groups attached to an aromatic ring is 1. The molecule has 3 N–H and O–H groups in total. The van der Waals surface area contributed by atoms with E-state index in [0.29, 0.717) is 49.4 Å². The summed E-state index contributed by atoms with van der Waals surface area (Å²) in [7, 11) is 0. The van der Waals surface area contributed by atoms with Gasteiger partial charge in [0, 0.05) is 37.9 Å². The van der Waals surface area contributed by atoms with Crippen LogP contribution >= 0.6 is 0 Å². The van der Waals surface area contributed by atoms with Crippen molar-refractivity contribution in [2.24, 2.45) is 0 Å². The van der Waals surface area contributed by atoms with Crippen LogP contribution in [0.2, 0.25) is 0 Å². The summed E-state index contributed by atoms with van der Waals surface area (Å²) in [5, 5.41) is 3.05. The Balaban J connectivity index is 2.26. The van der Waals surface area contributed by atoms with Gasteiger partial charge in [0.15, 0.2) is 0 Å². The summed E-state index contributed by atoms with van der Waals surface area (Å²) in [6.45, 7) is 9.36. The number of ether oxygens (including phenoxy) is 1. The van der Waals surface area contributed by atoms with E-state index in [2.05, 4.69) is 11.9 Å². The maximum atomic E-state index is 13.2. The molecule has 29 heavy (non-hydrogen) atoms. The molecule has 0 radical (unpaired) electrons. The molecule has 1 amide bonds. The highest BCUT2D eigenvalue weighted by molar-refractivity contribution is 6.00. The quantitative estimate of drug-likeness (QED) is 0.259. The van der Waals surface area contributed by atoms with Gasteiger partial charge in [-0.3, -0.25) is 14.0 Å². The molecule has 0 aliphatic heterocycles. The molecule has 0 saturated heterocycles. The van der Waals surface area contributed by atoms with E-state index >= 15 is 0 Å².